The highest BCUT2D eigenvalue weighted by Crippen LogP contribution is 2.38. The van der Waals surface area contributed by atoms with Crippen LogP contribution in [-0.2, 0) is 20.1 Å². The first-order valence-corrected chi connectivity index (χ1v) is 11.0. The van der Waals surface area contributed by atoms with Gasteiger partial charge in [0.25, 0.3) is 0 Å². The zero-order valence-corrected chi connectivity index (χ0v) is 18.5. The van der Waals surface area contributed by atoms with Gasteiger partial charge in [-0.25, -0.2) is 4.98 Å². The SMILES string of the molecule is Cn1nc(-c2ccc(-c3ccc(C(N)=O)cc3)cc2)c(O)c1-c1nc2cc3c(cc2[nH]1)CNC3. The molecule has 0 radical (unpaired) electrons. The molecule has 0 spiro atoms. The second-order valence-corrected chi connectivity index (χ2v) is 8.52. The van der Waals surface area contributed by atoms with E-state index >= 15 is 0 Å². The molecule has 1 aliphatic heterocycles. The summed E-state index contributed by atoms with van der Waals surface area (Å²) < 4.78 is 1.65. The van der Waals surface area contributed by atoms with E-state index in [1.54, 1.807) is 23.9 Å². The summed E-state index contributed by atoms with van der Waals surface area (Å²) in [5, 5.41) is 19.0. The first kappa shape index (κ1) is 20.2. The molecule has 168 valence electrons. The maximum atomic E-state index is 11.3. The third-order valence-corrected chi connectivity index (χ3v) is 6.34. The van der Waals surface area contributed by atoms with Gasteiger partial charge in [-0.2, -0.15) is 5.10 Å². The molecule has 2 aromatic heterocycles. The lowest BCUT2D eigenvalue weighted by atomic mass is 10.0. The van der Waals surface area contributed by atoms with Crippen LogP contribution in [-0.4, -0.2) is 30.8 Å². The fraction of sp³-hybridized carbons (Fsp3) is 0.115. The average Bonchev–Trinajstić information content (AvgIpc) is 3.53. The molecule has 0 unspecified atom stereocenters. The van der Waals surface area contributed by atoms with Crippen molar-refractivity contribution in [3.05, 3.63) is 77.4 Å². The van der Waals surface area contributed by atoms with Crippen molar-refractivity contribution >= 4 is 16.9 Å². The highest BCUT2D eigenvalue weighted by molar-refractivity contribution is 5.93. The molecular weight excluding hydrogens is 428 g/mol. The number of aromatic nitrogens is 4. The van der Waals surface area contributed by atoms with Gasteiger partial charge in [0.1, 0.15) is 11.4 Å². The van der Waals surface area contributed by atoms with Crippen molar-refractivity contribution in [2.45, 2.75) is 13.1 Å². The minimum absolute atomic E-state index is 0.0781. The number of carbonyl (C=O) groups is 1. The maximum absolute atomic E-state index is 11.3. The fourth-order valence-corrected chi connectivity index (χ4v) is 4.54. The average molecular weight is 451 g/mol. The minimum atomic E-state index is -0.450. The van der Waals surface area contributed by atoms with Gasteiger partial charge in [0.2, 0.25) is 5.91 Å². The fourth-order valence-electron chi connectivity index (χ4n) is 4.54. The molecule has 3 heterocycles. The van der Waals surface area contributed by atoms with Gasteiger partial charge in [-0.05, 0) is 46.5 Å². The van der Waals surface area contributed by atoms with Crippen LogP contribution >= 0.6 is 0 Å². The van der Waals surface area contributed by atoms with E-state index in [1.165, 1.54) is 11.1 Å². The number of nitrogens with one attached hydrogen (secondary N) is 2. The number of primary amides is 1. The Labute approximate surface area is 195 Å². The molecular formula is C26H22N6O2. The highest BCUT2D eigenvalue weighted by atomic mass is 16.3. The molecule has 0 atom stereocenters. The van der Waals surface area contributed by atoms with Crippen LogP contribution < -0.4 is 11.1 Å². The Bertz CT molecular complexity index is 1520. The van der Waals surface area contributed by atoms with Crippen molar-refractivity contribution < 1.29 is 9.90 Å². The van der Waals surface area contributed by atoms with Gasteiger partial charge in [-0.15, -0.1) is 0 Å². The second-order valence-electron chi connectivity index (χ2n) is 8.52. The summed E-state index contributed by atoms with van der Waals surface area (Å²) in [5.74, 6) is 0.208. The molecule has 0 saturated carbocycles. The van der Waals surface area contributed by atoms with E-state index in [-0.39, 0.29) is 5.75 Å². The Balaban J connectivity index is 1.34. The molecule has 0 bridgehead atoms. The predicted molar refractivity (Wildman–Crippen MR) is 130 cm³/mol. The van der Waals surface area contributed by atoms with Crippen molar-refractivity contribution in [3.8, 4) is 39.7 Å². The maximum Gasteiger partial charge on any atom is 0.248 e. The molecule has 0 saturated heterocycles. The molecule has 8 heteroatoms. The van der Waals surface area contributed by atoms with Crippen LogP contribution in [0.1, 0.15) is 21.5 Å². The largest absolute Gasteiger partial charge is 0.504 e. The lowest BCUT2D eigenvalue weighted by Crippen LogP contribution is -2.10. The van der Waals surface area contributed by atoms with E-state index in [9.17, 15) is 9.90 Å². The number of nitrogens with two attached hydrogens (primary N) is 1. The molecule has 0 fully saturated rings. The summed E-state index contributed by atoms with van der Waals surface area (Å²) in [7, 11) is 1.80. The number of amides is 1. The number of aromatic hydroxyl groups is 1. The molecule has 3 aromatic carbocycles. The highest BCUT2D eigenvalue weighted by Gasteiger charge is 2.22. The predicted octanol–water partition coefficient (Wildman–Crippen LogP) is 3.71. The zero-order valence-electron chi connectivity index (χ0n) is 18.5. The topological polar surface area (TPSA) is 122 Å². The molecule has 8 nitrogen and oxygen atoms in total. The van der Waals surface area contributed by atoms with Gasteiger partial charge in [0.05, 0.1) is 11.0 Å². The van der Waals surface area contributed by atoms with Crippen LogP contribution in [0.3, 0.4) is 0 Å². The van der Waals surface area contributed by atoms with Crippen molar-refractivity contribution in [2.24, 2.45) is 12.8 Å². The van der Waals surface area contributed by atoms with Gasteiger partial charge in [-0.1, -0.05) is 36.4 Å². The number of hydrogen-bond acceptors (Lipinski definition) is 5. The van der Waals surface area contributed by atoms with Crippen LogP contribution in [0, 0.1) is 0 Å². The Kier molecular flexibility index (Phi) is 4.50. The zero-order chi connectivity index (χ0) is 23.4. The van der Waals surface area contributed by atoms with E-state index < -0.39 is 5.91 Å². The molecule has 6 rings (SSSR count). The second kappa shape index (κ2) is 7.57. The molecule has 1 amide bonds. The van der Waals surface area contributed by atoms with Crippen molar-refractivity contribution in [3.63, 3.8) is 0 Å². The Morgan fingerprint density at radius 1 is 0.971 bits per heavy atom. The summed E-state index contributed by atoms with van der Waals surface area (Å²) in [5.41, 5.74) is 13.9. The number of carbonyl (C=O) groups excluding carboxylic acids is 1. The van der Waals surface area contributed by atoms with Gasteiger partial charge in [0.15, 0.2) is 11.6 Å². The van der Waals surface area contributed by atoms with E-state index in [1.807, 2.05) is 36.4 Å². The Morgan fingerprint density at radius 2 is 1.59 bits per heavy atom. The summed E-state index contributed by atoms with van der Waals surface area (Å²) in [6, 6.07) is 19.1. The van der Waals surface area contributed by atoms with Crippen LogP contribution in [0.5, 0.6) is 5.75 Å². The molecule has 5 N–H and O–H groups in total. The number of benzene rings is 3. The molecule has 0 aliphatic carbocycles. The van der Waals surface area contributed by atoms with Crippen LogP contribution in [0.2, 0.25) is 0 Å². The Morgan fingerprint density at radius 3 is 2.26 bits per heavy atom. The number of aromatic amines is 1. The monoisotopic (exact) mass is 450 g/mol. The molecule has 34 heavy (non-hydrogen) atoms. The third-order valence-electron chi connectivity index (χ3n) is 6.34. The minimum Gasteiger partial charge on any atom is -0.504 e. The smallest absolute Gasteiger partial charge is 0.248 e. The Hall–Kier alpha value is -4.43. The number of aryl methyl sites for hydroxylation is 1. The van der Waals surface area contributed by atoms with Crippen molar-refractivity contribution in [2.75, 3.05) is 0 Å². The number of H-pyrrole nitrogens is 1. The molecule has 5 aromatic rings. The quantitative estimate of drug-likeness (QED) is 0.333. The first-order valence-electron chi connectivity index (χ1n) is 11.0. The number of hydrogen-bond donors (Lipinski definition) is 4. The van der Waals surface area contributed by atoms with Crippen molar-refractivity contribution in [1.29, 1.82) is 0 Å². The van der Waals surface area contributed by atoms with Crippen LogP contribution in [0.25, 0.3) is 44.9 Å². The van der Waals surface area contributed by atoms with E-state index in [2.05, 4.69) is 27.5 Å². The lowest BCUT2D eigenvalue weighted by molar-refractivity contribution is 0.100. The van der Waals surface area contributed by atoms with Crippen molar-refractivity contribution in [1.82, 2.24) is 25.1 Å². The summed E-state index contributed by atoms with van der Waals surface area (Å²) in [4.78, 5) is 19.4. The number of fused-ring (bicyclic) bond motifs is 2. The normalized spacial score (nSPS) is 12.9. The lowest BCUT2D eigenvalue weighted by Gasteiger charge is -2.04. The number of imidazole rings is 1. The van der Waals surface area contributed by atoms with Gasteiger partial charge < -0.3 is 21.1 Å². The molecule has 1 aliphatic rings. The van der Waals surface area contributed by atoms with Gasteiger partial charge in [0, 0.05) is 31.3 Å². The third kappa shape index (κ3) is 3.23. The standard InChI is InChI=1S/C26H22N6O2/c1-32-23(26-29-20-10-18-12-28-13-19(18)11-21(20)30-26)24(33)22(31-32)16-6-2-14(3-7-16)15-4-8-17(9-5-15)25(27)34/h2-11,28,33H,12-13H2,1H3,(H2,27,34)(H,29,30). The number of rotatable bonds is 4. The van der Waals surface area contributed by atoms with Gasteiger partial charge >= 0.3 is 0 Å². The number of nitrogens with zero attached hydrogens (tertiary/aromatic N) is 3. The summed E-state index contributed by atoms with van der Waals surface area (Å²) in [6.45, 7) is 1.70. The van der Waals surface area contributed by atoms with Gasteiger partial charge in [-0.3, -0.25) is 9.48 Å². The summed E-state index contributed by atoms with van der Waals surface area (Å²) >= 11 is 0. The van der Waals surface area contributed by atoms with E-state index in [4.69, 9.17) is 10.7 Å². The van der Waals surface area contributed by atoms with E-state index in [0.717, 1.165) is 40.8 Å². The summed E-state index contributed by atoms with van der Waals surface area (Å²) in [6.07, 6.45) is 0. The van der Waals surface area contributed by atoms with Crippen LogP contribution in [0.4, 0.5) is 0 Å². The van der Waals surface area contributed by atoms with E-state index in [0.29, 0.717) is 22.8 Å². The first-order chi connectivity index (χ1) is 16.5. The van der Waals surface area contributed by atoms with Crippen LogP contribution in [0.15, 0.2) is 60.7 Å².